The largest absolute Gasteiger partial charge is 0.378 e. The highest BCUT2D eigenvalue weighted by Gasteiger charge is 2.09. The van der Waals surface area contributed by atoms with Crippen molar-refractivity contribution in [1.82, 2.24) is 4.98 Å². The number of nitro groups is 1. The minimum atomic E-state index is -0.414. The summed E-state index contributed by atoms with van der Waals surface area (Å²) in [6, 6.07) is 4.66. The zero-order valence-electron chi connectivity index (χ0n) is 10.2. The Kier molecular flexibility index (Phi) is 4.49. The summed E-state index contributed by atoms with van der Waals surface area (Å²) in [4.78, 5) is 15.8. The predicted octanol–water partition coefficient (Wildman–Crippen LogP) is 3.99. The molecule has 1 heterocycles. The fourth-order valence-corrected chi connectivity index (χ4v) is 2.83. The number of nitro benzene ring substituents is 1. The molecule has 0 amide bonds. The average molecular weight is 342 g/mol. The van der Waals surface area contributed by atoms with Crippen LogP contribution in [-0.4, -0.2) is 9.91 Å². The lowest BCUT2D eigenvalue weighted by Crippen LogP contribution is -2.00. The molecule has 1 aromatic carbocycles. The number of thiazole rings is 1. The molecule has 0 aliphatic heterocycles. The van der Waals surface area contributed by atoms with Crippen LogP contribution in [0, 0.1) is 10.1 Å². The third-order valence-corrected chi connectivity index (χ3v) is 4.34. The molecule has 0 spiro atoms. The van der Waals surface area contributed by atoms with Crippen LogP contribution in [0.15, 0.2) is 28.9 Å². The highest BCUT2D eigenvalue weighted by atomic mass is 79.9. The van der Waals surface area contributed by atoms with Gasteiger partial charge >= 0.3 is 0 Å². The molecule has 5 nitrogen and oxygen atoms in total. The van der Waals surface area contributed by atoms with E-state index in [0.29, 0.717) is 11.0 Å². The fraction of sp³-hybridized carbons (Fsp3) is 0.250. The molecule has 2 aromatic rings. The normalized spacial score (nSPS) is 10.4. The van der Waals surface area contributed by atoms with Crippen LogP contribution in [0.3, 0.4) is 0 Å². The third kappa shape index (κ3) is 3.51. The first-order valence-electron chi connectivity index (χ1n) is 5.71. The van der Waals surface area contributed by atoms with E-state index in [4.69, 9.17) is 0 Å². The lowest BCUT2D eigenvalue weighted by atomic mass is 10.3. The molecule has 0 radical (unpaired) electrons. The van der Waals surface area contributed by atoms with Crippen molar-refractivity contribution < 1.29 is 4.92 Å². The van der Waals surface area contributed by atoms with E-state index in [1.54, 1.807) is 17.4 Å². The van der Waals surface area contributed by atoms with E-state index in [1.807, 2.05) is 6.20 Å². The third-order valence-electron chi connectivity index (χ3n) is 2.54. The summed E-state index contributed by atoms with van der Waals surface area (Å²) in [5.74, 6) is 0. The van der Waals surface area contributed by atoms with Crippen LogP contribution in [0.5, 0.6) is 0 Å². The maximum Gasteiger partial charge on any atom is 0.270 e. The number of nitrogens with one attached hydrogen (secondary N) is 1. The molecule has 0 fully saturated rings. The summed E-state index contributed by atoms with van der Waals surface area (Å²) >= 11 is 4.99. The van der Waals surface area contributed by atoms with E-state index in [1.165, 1.54) is 17.0 Å². The second kappa shape index (κ2) is 6.12. The van der Waals surface area contributed by atoms with Crippen molar-refractivity contribution in [3.8, 4) is 0 Å². The number of hydrogen-bond acceptors (Lipinski definition) is 5. The molecule has 0 saturated carbocycles. The van der Waals surface area contributed by atoms with Gasteiger partial charge in [0.15, 0.2) is 0 Å². The first kappa shape index (κ1) is 14.0. The highest BCUT2D eigenvalue weighted by Crippen LogP contribution is 2.27. The number of anilines is 1. The summed E-state index contributed by atoms with van der Waals surface area (Å²) in [5, 5.41) is 14.8. The Hall–Kier alpha value is -1.47. The van der Waals surface area contributed by atoms with Gasteiger partial charge in [-0.25, -0.2) is 4.98 Å². The number of aryl methyl sites for hydroxylation is 1. The molecular weight excluding hydrogens is 330 g/mol. The molecule has 0 bridgehead atoms. The van der Waals surface area contributed by atoms with Crippen molar-refractivity contribution in [2.24, 2.45) is 0 Å². The van der Waals surface area contributed by atoms with Crippen molar-refractivity contribution in [3.63, 3.8) is 0 Å². The van der Waals surface area contributed by atoms with E-state index >= 15 is 0 Å². The van der Waals surface area contributed by atoms with Gasteiger partial charge in [-0.1, -0.05) is 6.92 Å². The Morgan fingerprint density at radius 2 is 2.32 bits per heavy atom. The highest BCUT2D eigenvalue weighted by molar-refractivity contribution is 9.10. The molecule has 0 saturated heterocycles. The lowest BCUT2D eigenvalue weighted by Gasteiger charge is -2.06. The van der Waals surface area contributed by atoms with Gasteiger partial charge in [-0.3, -0.25) is 10.1 Å². The fourth-order valence-electron chi connectivity index (χ4n) is 1.52. The SMILES string of the molecule is CCc1cnc(CNc2ccc([N+](=O)[O-])cc2Br)s1. The Morgan fingerprint density at radius 3 is 2.89 bits per heavy atom. The maximum atomic E-state index is 10.6. The van der Waals surface area contributed by atoms with Crippen molar-refractivity contribution in [3.05, 3.63) is 48.9 Å². The molecule has 1 aromatic heterocycles. The van der Waals surface area contributed by atoms with E-state index in [2.05, 4.69) is 33.2 Å². The van der Waals surface area contributed by atoms with Gasteiger partial charge in [0.25, 0.3) is 5.69 Å². The number of benzene rings is 1. The molecule has 0 unspecified atom stereocenters. The average Bonchev–Trinajstić information content (AvgIpc) is 2.85. The monoisotopic (exact) mass is 341 g/mol. The Balaban J connectivity index is 2.05. The van der Waals surface area contributed by atoms with Gasteiger partial charge in [0.2, 0.25) is 0 Å². The first-order chi connectivity index (χ1) is 9.10. The van der Waals surface area contributed by atoms with Crippen LogP contribution in [0.1, 0.15) is 16.8 Å². The van der Waals surface area contributed by atoms with Crippen molar-refractivity contribution in [2.45, 2.75) is 19.9 Å². The van der Waals surface area contributed by atoms with Crippen LogP contribution in [0.4, 0.5) is 11.4 Å². The van der Waals surface area contributed by atoms with E-state index in [9.17, 15) is 10.1 Å². The van der Waals surface area contributed by atoms with Gasteiger partial charge in [-0.05, 0) is 28.4 Å². The Bertz CT molecular complexity index is 600. The van der Waals surface area contributed by atoms with E-state index in [-0.39, 0.29) is 5.69 Å². The van der Waals surface area contributed by atoms with Crippen LogP contribution < -0.4 is 5.32 Å². The molecule has 19 heavy (non-hydrogen) atoms. The van der Waals surface area contributed by atoms with Crippen LogP contribution in [0.2, 0.25) is 0 Å². The molecule has 2 rings (SSSR count). The zero-order chi connectivity index (χ0) is 13.8. The summed E-state index contributed by atoms with van der Waals surface area (Å²) in [7, 11) is 0. The van der Waals surface area contributed by atoms with E-state index < -0.39 is 4.92 Å². The molecule has 0 aliphatic carbocycles. The van der Waals surface area contributed by atoms with Gasteiger partial charge in [0, 0.05) is 33.4 Å². The standard InChI is InChI=1S/C12H12BrN3O2S/c1-2-9-6-15-12(19-9)7-14-11-4-3-8(16(17)18)5-10(11)13/h3-6,14H,2,7H2,1H3. The second-order valence-electron chi connectivity index (χ2n) is 3.85. The molecule has 100 valence electrons. The van der Waals surface area contributed by atoms with E-state index in [0.717, 1.165) is 17.1 Å². The molecule has 0 atom stereocenters. The van der Waals surface area contributed by atoms with Crippen molar-refractivity contribution >= 4 is 38.6 Å². The molecule has 1 N–H and O–H groups in total. The summed E-state index contributed by atoms with van der Waals surface area (Å²) in [6.07, 6.45) is 2.87. The van der Waals surface area contributed by atoms with Gasteiger partial charge < -0.3 is 5.32 Å². The van der Waals surface area contributed by atoms with Crippen molar-refractivity contribution in [1.29, 1.82) is 0 Å². The number of nitrogens with zero attached hydrogens (tertiary/aromatic N) is 2. The first-order valence-corrected chi connectivity index (χ1v) is 7.32. The molecule has 0 aliphatic rings. The van der Waals surface area contributed by atoms with Gasteiger partial charge in [-0.15, -0.1) is 11.3 Å². The topological polar surface area (TPSA) is 68.1 Å². The van der Waals surface area contributed by atoms with Gasteiger partial charge in [0.1, 0.15) is 5.01 Å². The number of non-ortho nitro benzene ring substituents is 1. The van der Waals surface area contributed by atoms with Crippen LogP contribution in [-0.2, 0) is 13.0 Å². The minimum Gasteiger partial charge on any atom is -0.378 e. The predicted molar refractivity (Wildman–Crippen MR) is 79.6 cm³/mol. The van der Waals surface area contributed by atoms with Gasteiger partial charge in [-0.2, -0.15) is 0 Å². The number of hydrogen-bond donors (Lipinski definition) is 1. The van der Waals surface area contributed by atoms with Crippen LogP contribution >= 0.6 is 27.3 Å². The van der Waals surface area contributed by atoms with Crippen molar-refractivity contribution in [2.75, 3.05) is 5.32 Å². The minimum absolute atomic E-state index is 0.0694. The Labute approximate surface area is 123 Å². The molecule has 7 heteroatoms. The maximum absolute atomic E-state index is 10.6. The summed E-state index contributed by atoms with van der Waals surface area (Å²) in [6.45, 7) is 2.71. The summed E-state index contributed by atoms with van der Waals surface area (Å²) < 4.78 is 0.675. The van der Waals surface area contributed by atoms with Crippen LogP contribution in [0.25, 0.3) is 0 Å². The zero-order valence-corrected chi connectivity index (χ0v) is 12.6. The second-order valence-corrected chi connectivity index (χ2v) is 5.90. The number of aromatic nitrogens is 1. The smallest absolute Gasteiger partial charge is 0.270 e. The summed E-state index contributed by atoms with van der Waals surface area (Å²) in [5.41, 5.74) is 0.888. The number of halogens is 1. The lowest BCUT2D eigenvalue weighted by molar-refractivity contribution is -0.384. The number of rotatable bonds is 5. The molecular formula is C12H12BrN3O2S. The Morgan fingerprint density at radius 1 is 1.53 bits per heavy atom. The van der Waals surface area contributed by atoms with Gasteiger partial charge in [0.05, 0.1) is 11.5 Å². The quantitative estimate of drug-likeness (QED) is 0.659.